The van der Waals surface area contributed by atoms with Crippen molar-refractivity contribution in [3.05, 3.63) is 71.3 Å². The van der Waals surface area contributed by atoms with Gasteiger partial charge in [-0.3, -0.25) is 10.1 Å². The SMILES string of the molecule is Cc1ccc([C@@H](NCc2ccccc2)C(N)=O)cc1. The summed E-state index contributed by atoms with van der Waals surface area (Å²) in [5.41, 5.74) is 8.65. The summed E-state index contributed by atoms with van der Waals surface area (Å²) in [6, 6.07) is 17.3. The Labute approximate surface area is 113 Å². The molecular formula is C16H18N2O. The second kappa shape index (κ2) is 6.16. The molecule has 3 heteroatoms. The van der Waals surface area contributed by atoms with Gasteiger partial charge in [-0.05, 0) is 18.1 Å². The molecule has 0 unspecified atom stereocenters. The van der Waals surface area contributed by atoms with Gasteiger partial charge >= 0.3 is 0 Å². The van der Waals surface area contributed by atoms with Gasteiger partial charge in [-0.15, -0.1) is 0 Å². The first-order chi connectivity index (χ1) is 9.16. The number of rotatable bonds is 5. The number of carbonyl (C=O) groups excluding carboxylic acids is 1. The average Bonchev–Trinajstić information content (AvgIpc) is 2.42. The summed E-state index contributed by atoms with van der Waals surface area (Å²) < 4.78 is 0. The lowest BCUT2D eigenvalue weighted by molar-refractivity contribution is -0.120. The Morgan fingerprint density at radius 3 is 2.32 bits per heavy atom. The summed E-state index contributed by atoms with van der Waals surface area (Å²) in [6.45, 7) is 2.63. The first-order valence-corrected chi connectivity index (χ1v) is 6.30. The van der Waals surface area contributed by atoms with Crippen molar-refractivity contribution >= 4 is 5.91 Å². The molecule has 0 saturated carbocycles. The number of hydrogen-bond acceptors (Lipinski definition) is 2. The zero-order valence-corrected chi connectivity index (χ0v) is 11.0. The molecule has 3 N–H and O–H groups in total. The Morgan fingerprint density at radius 2 is 1.74 bits per heavy atom. The van der Waals surface area contributed by atoms with E-state index in [9.17, 15) is 4.79 Å². The standard InChI is InChI=1S/C16H18N2O/c1-12-7-9-14(10-8-12)15(16(17)19)18-11-13-5-3-2-4-6-13/h2-10,15,18H,11H2,1H3,(H2,17,19)/t15-/m1/s1. The van der Waals surface area contributed by atoms with Gasteiger partial charge in [-0.2, -0.15) is 0 Å². The van der Waals surface area contributed by atoms with Gasteiger partial charge in [0.2, 0.25) is 5.91 Å². The molecule has 0 aliphatic rings. The maximum Gasteiger partial charge on any atom is 0.239 e. The van der Waals surface area contributed by atoms with Crippen LogP contribution in [0.5, 0.6) is 0 Å². The molecule has 0 bridgehead atoms. The van der Waals surface area contributed by atoms with Crippen LogP contribution in [0.15, 0.2) is 54.6 Å². The molecule has 2 rings (SSSR count). The summed E-state index contributed by atoms with van der Waals surface area (Å²) in [5.74, 6) is -0.361. The van der Waals surface area contributed by atoms with E-state index >= 15 is 0 Å². The highest BCUT2D eigenvalue weighted by Crippen LogP contribution is 2.14. The van der Waals surface area contributed by atoms with Gasteiger partial charge in [0, 0.05) is 6.54 Å². The zero-order valence-electron chi connectivity index (χ0n) is 11.0. The van der Waals surface area contributed by atoms with Gasteiger partial charge in [0.1, 0.15) is 6.04 Å². The Balaban J connectivity index is 2.09. The fourth-order valence-corrected chi connectivity index (χ4v) is 1.96. The van der Waals surface area contributed by atoms with Crippen LogP contribution in [0.1, 0.15) is 22.7 Å². The minimum Gasteiger partial charge on any atom is -0.368 e. The first-order valence-electron chi connectivity index (χ1n) is 6.30. The van der Waals surface area contributed by atoms with Crippen LogP contribution in [0.4, 0.5) is 0 Å². The van der Waals surface area contributed by atoms with E-state index in [1.807, 2.05) is 61.5 Å². The number of nitrogens with one attached hydrogen (secondary N) is 1. The molecule has 3 nitrogen and oxygen atoms in total. The number of primary amides is 1. The Bertz CT molecular complexity index is 534. The molecule has 0 fully saturated rings. The molecule has 1 amide bonds. The van der Waals surface area contributed by atoms with Gasteiger partial charge in [-0.1, -0.05) is 60.2 Å². The molecule has 2 aromatic rings. The molecule has 0 aromatic heterocycles. The number of benzene rings is 2. The molecule has 0 heterocycles. The lowest BCUT2D eigenvalue weighted by Gasteiger charge is -2.16. The summed E-state index contributed by atoms with van der Waals surface area (Å²) in [4.78, 5) is 11.6. The number of nitrogens with two attached hydrogens (primary N) is 1. The van der Waals surface area contributed by atoms with Crippen molar-refractivity contribution in [1.29, 1.82) is 0 Å². The van der Waals surface area contributed by atoms with Gasteiger partial charge in [0.15, 0.2) is 0 Å². The van der Waals surface area contributed by atoms with Crippen molar-refractivity contribution in [3.63, 3.8) is 0 Å². The van der Waals surface area contributed by atoms with Gasteiger partial charge in [-0.25, -0.2) is 0 Å². The predicted molar refractivity (Wildman–Crippen MR) is 76.4 cm³/mol. The molecule has 2 aromatic carbocycles. The molecule has 98 valence electrons. The Hall–Kier alpha value is -2.13. The summed E-state index contributed by atoms with van der Waals surface area (Å²) in [6.07, 6.45) is 0. The largest absolute Gasteiger partial charge is 0.368 e. The smallest absolute Gasteiger partial charge is 0.239 e. The van der Waals surface area contributed by atoms with Gasteiger partial charge in [0.05, 0.1) is 0 Å². The van der Waals surface area contributed by atoms with Crippen LogP contribution in [0.2, 0.25) is 0 Å². The minimum atomic E-state index is -0.458. The topological polar surface area (TPSA) is 55.1 Å². The summed E-state index contributed by atoms with van der Waals surface area (Å²) in [5, 5.41) is 3.20. The third-order valence-electron chi connectivity index (χ3n) is 3.05. The lowest BCUT2D eigenvalue weighted by atomic mass is 10.0. The maximum atomic E-state index is 11.6. The van der Waals surface area contributed by atoms with Gasteiger partial charge in [0.25, 0.3) is 0 Å². The van der Waals surface area contributed by atoms with Crippen LogP contribution in [-0.4, -0.2) is 5.91 Å². The molecule has 0 aliphatic carbocycles. The fraction of sp³-hybridized carbons (Fsp3) is 0.188. The minimum absolute atomic E-state index is 0.361. The molecule has 1 atom stereocenters. The van der Waals surface area contributed by atoms with E-state index in [-0.39, 0.29) is 5.91 Å². The van der Waals surface area contributed by atoms with Crippen LogP contribution >= 0.6 is 0 Å². The molecule has 0 saturated heterocycles. The normalized spacial score (nSPS) is 12.1. The van der Waals surface area contributed by atoms with E-state index < -0.39 is 6.04 Å². The highest BCUT2D eigenvalue weighted by molar-refractivity contribution is 5.81. The van der Waals surface area contributed by atoms with Crippen molar-refractivity contribution < 1.29 is 4.79 Å². The van der Waals surface area contributed by atoms with Crippen molar-refractivity contribution in [3.8, 4) is 0 Å². The molecule has 0 aliphatic heterocycles. The third kappa shape index (κ3) is 3.66. The van der Waals surface area contributed by atoms with E-state index in [4.69, 9.17) is 5.73 Å². The van der Waals surface area contributed by atoms with E-state index in [0.717, 1.165) is 16.7 Å². The van der Waals surface area contributed by atoms with Crippen molar-refractivity contribution in [2.24, 2.45) is 5.73 Å². The quantitative estimate of drug-likeness (QED) is 0.860. The number of carbonyl (C=O) groups is 1. The van der Waals surface area contributed by atoms with E-state index in [1.165, 1.54) is 0 Å². The molecule has 19 heavy (non-hydrogen) atoms. The lowest BCUT2D eigenvalue weighted by Crippen LogP contribution is -2.33. The zero-order chi connectivity index (χ0) is 13.7. The van der Waals surface area contributed by atoms with Crippen molar-refractivity contribution in [1.82, 2.24) is 5.32 Å². The number of aryl methyl sites for hydroxylation is 1. The van der Waals surface area contributed by atoms with E-state index in [1.54, 1.807) is 0 Å². The number of amides is 1. The molecular weight excluding hydrogens is 236 g/mol. The molecule has 0 radical (unpaired) electrons. The third-order valence-corrected chi connectivity index (χ3v) is 3.05. The van der Waals surface area contributed by atoms with Gasteiger partial charge < -0.3 is 5.73 Å². The molecule has 0 spiro atoms. The highest BCUT2D eigenvalue weighted by atomic mass is 16.1. The monoisotopic (exact) mass is 254 g/mol. The average molecular weight is 254 g/mol. The second-order valence-electron chi connectivity index (χ2n) is 4.61. The summed E-state index contributed by atoms with van der Waals surface area (Å²) >= 11 is 0. The van der Waals surface area contributed by atoms with E-state index in [2.05, 4.69) is 5.32 Å². The predicted octanol–water partition coefficient (Wildman–Crippen LogP) is 2.31. The van der Waals surface area contributed by atoms with Crippen LogP contribution in [0.3, 0.4) is 0 Å². The maximum absolute atomic E-state index is 11.6. The Kier molecular flexibility index (Phi) is 4.31. The van der Waals surface area contributed by atoms with Crippen LogP contribution < -0.4 is 11.1 Å². The Morgan fingerprint density at radius 1 is 1.11 bits per heavy atom. The van der Waals surface area contributed by atoms with Crippen LogP contribution in [0.25, 0.3) is 0 Å². The van der Waals surface area contributed by atoms with E-state index in [0.29, 0.717) is 6.54 Å². The highest BCUT2D eigenvalue weighted by Gasteiger charge is 2.16. The first kappa shape index (κ1) is 13.3. The van der Waals surface area contributed by atoms with Crippen LogP contribution in [0, 0.1) is 6.92 Å². The van der Waals surface area contributed by atoms with Crippen molar-refractivity contribution in [2.75, 3.05) is 0 Å². The van der Waals surface area contributed by atoms with Crippen molar-refractivity contribution in [2.45, 2.75) is 19.5 Å². The number of hydrogen-bond donors (Lipinski definition) is 2. The fourth-order valence-electron chi connectivity index (χ4n) is 1.96. The second-order valence-corrected chi connectivity index (χ2v) is 4.61. The van der Waals surface area contributed by atoms with Crippen LogP contribution in [-0.2, 0) is 11.3 Å². The summed E-state index contributed by atoms with van der Waals surface area (Å²) in [7, 11) is 0.